The van der Waals surface area contributed by atoms with Crippen LogP contribution in [0.2, 0.25) is 0 Å². The van der Waals surface area contributed by atoms with E-state index in [4.69, 9.17) is 0 Å². The molecule has 0 amide bonds. The number of rotatable bonds is 11. The zero-order valence-electron chi connectivity index (χ0n) is 25.8. The average molecular weight is 712 g/mol. The molecular weight excluding hydrogens is 687 g/mol. The number of halogens is 11. The minimum Gasteiger partial charge on any atom is -0.429 e. The van der Waals surface area contributed by atoms with Crippen molar-refractivity contribution in [2.75, 3.05) is 0 Å². The van der Waals surface area contributed by atoms with E-state index in [2.05, 4.69) is 21.4 Å². The normalized spacial score (nSPS) is 11.9. The summed E-state index contributed by atoms with van der Waals surface area (Å²) in [5, 5.41) is 0. The lowest BCUT2D eigenvalue weighted by molar-refractivity contribution is -0.275. The van der Waals surface area contributed by atoms with Gasteiger partial charge in [-0.05, 0) is 65.9 Å². The molecule has 0 aliphatic carbocycles. The van der Waals surface area contributed by atoms with Gasteiger partial charge in [-0.1, -0.05) is 44.0 Å². The Kier molecular flexibility index (Phi) is 10.4. The number of benzene rings is 4. The number of aromatic nitrogens is 1. The third-order valence-electron chi connectivity index (χ3n) is 7.51. The lowest BCUT2D eigenvalue weighted by Gasteiger charge is -2.21. The predicted molar refractivity (Wildman–Crippen MR) is 161 cm³/mol. The largest absolute Gasteiger partial charge is 0.573 e. The van der Waals surface area contributed by atoms with E-state index in [0.29, 0.717) is 41.6 Å². The molecule has 14 heteroatoms. The van der Waals surface area contributed by atoms with Crippen LogP contribution in [0, 0.1) is 34.9 Å². The topological polar surface area (TPSA) is 31.4 Å². The molecule has 5 rings (SSSR count). The maximum Gasteiger partial charge on any atom is 0.573 e. The molecule has 262 valence electrons. The van der Waals surface area contributed by atoms with E-state index in [9.17, 15) is 26.3 Å². The van der Waals surface area contributed by atoms with E-state index in [0.717, 1.165) is 37.3 Å². The molecule has 3 nitrogen and oxygen atoms in total. The minimum absolute atomic E-state index is 0.195. The summed E-state index contributed by atoms with van der Waals surface area (Å²) in [5.41, 5.74) is -2.60. The Hall–Kier alpha value is -5.14. The highest BCUT2D eigenvalue weighted by atomic mass is 19.4. The van der Waals surface area contributed by atoms with Crippen LogP contribution in [0.3, 0.4) is 0 Å². The number of nitrogens with zero attached hydrogens (tertiary/aromatic N) is 1. The second kappa shape index (κ2) is 14.4. The predicted octanol–water partition coefficient (Wildman–Crippen LogP) is 11.7. The summed E-state index contributed by atoms with van der Waals surface area (Å²) in [6.45, 7) is 2.08. The molecule has 0 unspecified atom stereocenters. The molecular formula is C36H24F11NO2. The van der Waals surface area contributed by atoms with E-state index < -0.39 is 81.1 Å². The lowest BCUT2D eigenvalue weighted by atomic mass is 9.99. The van der Waals surface area contributed by atoms with Gasteiger partial charge in [0.25, 0.3) is 0 Å². The molecule has 0 bridgehead atoms. The Morgan fingerprint density at radius 3 is 1.78 bits per heavy atom. The Bertz CT molecular complexity index is 1970. The molecule has 0 saturated heterocycles. The van der Waals surface area contributed by atoms with Crippen molar-refractivity contribution in [3.63, 3.8) is 0 Å². The molecule has 5 aromatic rings. The maximum atomic E-state index is 15.1. The highest BCUT2D eigenvalue weighted by Gasteiger charge is 2.42. The number of alkyl halides is 5. The third-order valence-corrected chi connectivity index (χ3v) is 7.51. The van der Waals surface area contributed by atoms with Gasteiger partial charge in [0.2, 0.25) is 0 Å². The first-order chi connectivity index (χ1) is 23.6. The lowest BCUT2D eigenvalue weighted by Crippen LogP contribution is -2.25. The summed E-state index contributed by atoms with van der Waals surface area (Å²) < 4.78 is 164. The van der Waals surface area contributed by atoms with Crippen LogP contribution in [-0.4, -0.2) is 11.3 Å². The van der Waals surface area contributed by atoms with Gasteiger partial charge in [-0.3, -0.25) is 4.98 Å². The highest BCUT2D eigenvalue weighted by molar-refractivity contribution is 5.70. The Balaban J connectivity index is 1.36. The summed E-state index contributed by atoms with van der Waals surface area (Å²) in [6.07, 6.45) is -4.52. The Morgan fingerprint density at radius 2 is 1.22 bits per heavy atom. The summed E-state index contributed by atoms with van der Waals surface area (Å²) in [5.74, 6) is -12.1. The zero-order chi connectivity index (χ0) is 36.4. The number of hydrogen-bond acceptors (Lipinski definition) is 3. The van der Waals surface area contributed by atoms with Crippen LogP contribution in [0.5, 0.6) is 11.5 Å². The van der Waals surface area contributed by atoms with Gasteiger partial charge >= 0.3 is 12.5 Å². The molecule has 0 radical (unpaired) electrons. The van der Waals surface area contributed by atoms with E-state index in [1.165, 1.54) is 12.1 Å². The van der Waals surface area contributed by atoms with E-state index in [-0.39, 0.29) is 17.7 Å². The second-order valence-corrected chi connectivity index (χ2v) is 11.1. The van der Waals surface area contributed by atoms with Crippen LogP contribution in [0.25, 0.3) is 33.5 Å². The molecule has 1 aromatic heterocycles. The van der Waals surface area contributed by atoms with Crippen LogP contribution in [0.4, 0.5) is 48.3 Å². The monoisotopic (exact) mass is 711 g/mol. The SMILES string of the molecule is CCCCCc1ccc(-c2ccc(-c3cc(F)c(C(F)(F)Oc4cc(F)c(-c5ccc(OC(F)(F)F)c(F)c5)c(F)c4)c(F)c3)c(F)c2)nc1. The first-order valence-electron chi connectivity index (χ1n) is 14.9. The molecule has 4 aromatic carbocycles. The van der Waals surface area contributed by atoms with Crippen LogP contribution < -0.4 is 9.47 Å². The average Bonchev–Trinajstić information content (AvgIpc) is 3.01. The molecule has 0 aliphatic heterocycles. The molecule has 0 N–H and O–H groups in total. The van der Waals surface area contributed by atoms with Crippen molar-refractivity contribution < 1.29 is 57.8 Å². The van der Waals surface area contributed by atoms with Crippen molar-refractivity contribution in [2.45, 2.75) is 45.1 Å². The number of hydrogen-bond donors (Lipinski definition) is 0. The summed E-state index contributed by atoms with van der Waals surface area (Å²) >= 11 is 0. The number of pyridine rings is 1. The van der Waals surface area contributed by atoms with E-state index in [1.54, 1.807) is 12.3 Å². The summed E-state index contributed by atoms with van der Waals surface area (Å²) in [4.78, 5) is 4.34. The van der Waals surface area contributed by atoms with Gasteiger partial charge in [0, 0.05) is 29.5 Å². The highest BCUT2D eigenvalue weighted by Crippen LogP contribution is 2.40. The number of ether oxygens (including phenoxy) is 2. The zero-order valence-corrected chi connectivity index (χ0v) is 25.8. The molecule has 0 fully saturated rings. The summed E-state index contributed by atoms with van der Waals surface area (Å²) in [6, 6.07) is 9.93. The van der Waals surface area contributed by atoms with Crippen molar-refractivity contribution in [2.24, 2.45) is 0 Å². The fourth-order valence-electron chi connectivity index (χ4n) is 5.18. The number of unbranched alkanes of at least 4 members (excludes halogenated alkanes) is 2. The van der Waals surface area contributed by atoms with Crippen molar-refractivity contribution in [3.05, 3.63) is 125 Å². The van der Waals surface area contributed by atoms with Crippen LogP contribution in [0.1, 0.15) is 37.3 Å². The van der Waals surface area contributed by atoms with E-state index in [1.807, 2.05) is 6.07 Å². The smallest absolute Gasteiger partial charge is 0.429 e. The number of aryl methyl sites for hydroxylation is 1. The standard InChI is InChI=1S/C36H24F11NO2/c1-2-3-4-5-19-6-10-31(48-18-19)20-7-9-24(25(37)12-20)22-14-29(41)34(30(42)15-22)35(43,44)49-23-16-27(39)33(28(40)17-23)21-8-11-32(26(38)13-21)50-36(45,46)47/h6-18H,2-5H2,1H3. The quantitative estimate of drug-likeness (QED) is 0.101. The maximum absolute atomic E-state index is 15.1. The van der Waals surface area contributed by atoms with Gasteiger partial charge in [-0.2, -0.15) is 8.78 Å². The molecule has 0 spiro atoms. The van der Waals surface area contributed by atoms with Gasteiger partial charge < -0.3 is 9.47 Å². The molecule has 1 heterocycles. The van der Waals surface area contributed by atoms with Crippen LogP contribution in [-0.2, 0) is 12.5 Å². The second-order valence-electron chi connectivity index (χ2n) is 11.1. The minimum atomic E-state index is -5.26. The van der Waals surface area contributed by atoms with Crippen LogP contribution >= 0.6 is 0 Å². The van der Waals surface area contributed by atoms with Gasteiger partial charge in [-0.15, -0.1) is 13.2 Å². The molecule has 0 saturated carbocycles. The van der Waals surface area contributed by atoms with E-state index >= 15 is 22.0 Å². The van der Waals surface area contributed by atoms with Gasteiger partial charge in [0.05, 0.1) is 11.3 Å². The van der Waals surface area contributed by atoms with Crippen molar-refractivity contribution in [1.29, 1.82) is 0 Å². The molecule has 50 heavy (non-hydrogen) atoms. The summed E-state index contributed by atoms with van der Waals surface area (Å²) in [7, 11) is 0. The Labute approximate surface area is 277 Å². The first kappa shape index (κ1) is 36.1. The van der Waals surface area contributed by atoms with Gasteiger partial charge in [0.1, 0.15) is 40.4 Å². The van der Waals surface area contributed by atoms with Crippen molar-refractivity contribution in [3.8, 4) is 45.0 Å². The fourth-order valence-corrected chi connectivity index (χ4v) is 5.18. The molecule has 0 atom stereocenters. The van der Waals surface area contributed by atoms with Gasteiger partial charge in [0.15, 0.2) is 11.6 Å². The molecule has 0 aliphatic rings. The van der Waals surface area contributed by atoms with Crippen molar-refractivity contribution >= 4 is 0 Å². The Morgan fingerprint density at radius 1 is 0.600 bits per heavy atom. The first-order valence-corrected chi connectivity index (χ1v) is 14.9. The third kappa shape index (κ3) is 8.17. The van der Waals surface area contributed by atoms with Crippen molar-refractivity contribution in [1.82, 2.24) is 4.98 Å². The van der Waals surface area contributed by atoms with Crippen LogP contribution in [0.15, 0.2) is 79.0 Å². The fraction of sp³-hybridized carbons (Fsp3) is 0.194. The van der Waals surface area contributed by atoms with Gasteiger partial charge in [-0.25, -0.2) is 26.3 Å².